The smallest absolute Gasteiger partial charge is 0.225 e. The topological polar surface area (TPSA) is 58.6 Å². The van der Waals surface area contributed by atoms with Gasteiger partial charge in [-0.25, -0.2) is 0 Å². The van der Waals surface area contributed by atoms with Crippen LogP contribution in [0.15, 0.2) is 66.7 Å². The Morgan fingerprint density at radius 3 is 2.60 bits per heavy atom. The van der Waals surface area contributed by atoms with Gasteiger partial charge in [-0.1, -0.05) is 54.6 Å². The van der Waals surface area contributed by atoms with E-state index in [1.165, 1.54) is 0 Å². The number of hydrogen-bond acceptors (Lipinski definition) is 3. The number of rotatable bonds is 6. The van der Waals surface area contributed by atoms with Crippen molar-refractivity contribution in [2.75, 3.05) is 13.7 Å². The van der Waals surface area contributed by atoms with E-state index in [2.05, 4.69) is 23.5 Å². The second-order valence-corrected chi connectivity index (χ2v) is 7.82. The average Bonchev–Trinajstić information content (AvgIpc) is 3.14. The largest absolute Gasteiger partial charge is 0.497 e. The number of ether oxygens (including phenoxy) is 1. The summed E-state index contributed by atoms with van der Waals surface area (Å²) in [5.74, 6) is 0.407. The maximum Gasteiger partial charge on any atom is 0.225 e. The monoisotopic (exact) mass is 402 g/mol. The normalized spacial score (nSPS) is 17.2. The molecule has 154 valence electrons. The van der Waals surface area contributed by atoms with Gasteiger partial charge < -0.3 is 15.0 Å². The lowest BCUT2D eigenvalue weighted by atomic mass is 9.99. The molecule has 0 aromatic heterocycles. The fourth-order valence-electron chi connectivity index (χ4n) is 4.09. The lowest BCUT2D eigenvalue weighted by Gasteiger charge is -2.20. The van der Waals surface area contributed by atoms with E-state index < -0.39 is 0 Å². The minimum Gasteiger partial charge on any atom is -0.497 e. The number of nitrogens with one attached hydrogen (secondary N) is 1. The number of amides is 2. The molecule has 2 atom stereocenters. The number of likely N-dealkylation sites (tertiary alicyclic amines) is 1. The van der Waals surface area contributed by atoms with Gasteiger partial charge in [-0.15, -0.1) is 0 Å². The first-order chi connectivity index (χ1) is 14.5. The molecule has 1 saturated heterocycles. The van der Waals surface area contributed by atoms with Crippen LogP contribution in [0.1, 0.15) is 30.5 Å². The molecule has 0 radical (unpaired) electrons. The molecule has 1 heterocycles. The minimum absolute atomic E-state index is 0.0174. The van der Waals surface area contributed by atoms with Crippen molar-refractivity contribution in [2.24, 2.45) is 5.92 Å². The molecule has 3 aromatic rings. The van der Waals surface area contributed by atoms with E-state index in [-0.39, 0.29) is 30.2 Å². The van der Waals surface area contributed by atoms with E-state index in [1.807, 2.05) is 55.5 Å². The number of fused-ring (bicyclic) bond motifs is 1. The minimum atomic E-state index is -0.326. The number of carbonyl (C=O) groups excluding carboxylic acids is 2. The summed E-state index contributed by atoms with van der Waals surface area (Å²) in [4.78, 5) is 27.1. The van der Waals surface area contributed by atoms with Crippen molar-refractivity contribution in [3.63, 3.8) is 0 Å². The summed E-state index contributed by atoms with van der Waals surface area (Å²) in [6.07, 6.45) is 0.254. The molecule has 0 spiro atoms. The highest BCUT2D eigenvalue weighted by molar-refractivity contribution is 5.90. The number of hydrogen-bond donors (Lipinski definition) is 1. The second kappa shape index (κ2) is 8.57. The molecule has 4 rings (SSSR count). The van der Waals surface area contributed by atoms with Crippen molar-refractivity contribution in [3.05, 3.63) is 77.9 Å². The second-order valence-electron chi connectivity index (χ2n) is 7.82. The molecule has 30 heavy (non-hydrogen) atoms. The Morgan fingerprint density at radius 1 is 1.10 bits per heavy atom. The van der Waals surface area contributed by atoms with Crippen LogP contribution in [-0.4, -0.2) is 30.4 Å². The van der Waals surface area contributed by atoms with Crippen molar-refractivity contribution >= 4 is 22.6 Å². The summed E-state index contributed by atoms with van der Waals surface area (Å²) in [7, 11) is 1.63. The summed E-state index contributed by atoms with van der Waals surface area (Å²) in [5, 5.41) is 5.40. The van der Waals surface area contributed by atoms with E-state index in [1.54, 1.807) is 12.0 Å². The van der Waals surface area contributed by atoms with Gasteiger partial charge in [-0.3, -0.25) is 9.59 Å². The Labute approximate surface area is 176 Å². The van der Waals surface area contributed by atoms with Gasteiger partial charge in [0.05, 0.1) is 19.1 Å². The molecule has 5 nitrogen and oxygen atoms in total. The van der Waals surface area contributed by atoms with E-state index in [0.29, 0.717) is 13.1 Å². The van der Waals surface area contributed by atoms with Crippen molar-refractivity contribution in [1.82, 2.24) is 10.2 Å². The van der Waals surface area contributed by atoms with E-state index in [9.17, 15) is 9.59 Å². The zero-order valence-corrected chi connectivity index (χ0v) is 17.3. The zero-order chi connectivity index (χ0) is 21.1. The number of methoxy groups -OCH3 is 1. The molecule has 2 amide bonds. The standard InChI is InChI=1S/C25H26N2O3/c1-17(22-9-5-7-19-6-3-4-8-23(19)22)26-25(29)20-14-24(28)27(16-20)15-18-10-12-21(30-2)13-11-18/h3-13,17,20H,14-16H2,1-2H3,(H,26,29). The van der Waals surface area contributed by atoms with Crippen LogP contribution in [0.2, 0.25) is 0 Å². The maximum atomic E-state index is 12.9. The highest BCUT2D eigenvalue weighted by Gasteiger charge is 2.34. The Morgan fingerprint density at radius 2 is 1.83 bits per heavy atom. The summed E-state index contributed by atoms with van der Waals surface area (Å²) in [6.45, 7) is 2.94. The van der Waals surface area contributed by atoms with E-state index in [0.717, 1.165) is 27.6 Å². The first-order valence-electron chi connectivity index (χ1n) is 10.2. The third kappa shape index (κ3) is 4.15. The van der Waals surface area contributed by atoms with Gasteiger partial charge in [-0.05, 0) is 41.0 Å². The highest BCUT2D eigenvalue weighted by atomic mass is 16.5. The summed E-state index contributed by atoms with van der Waals surface area (Å²) < 4.78 is 5.18. The molecular weight excluding hydrogens is 376 g/mol. The van der Waals surface area contributed by atoms with Gasteiger partial charge in [0.1, 0.15) is 5.75 Å². The van der Waals surface area contributed by atoms with Gasteiger partial charge >= 0.3 is 0 Å². The number of nitrogens with zero attached hydrogens (tertiary/aromatic N) is 1. The van der Waals surface area contributed by atoms with Gasteiger partial charge in [0.25, 0.3) is 0 Å². The lowest BCUT2D eigenvalue weighted by molar-refractivity contribution is -0.129. The fourth-order valence-corrected chi connectivity index (χ4v) is 4.09. The Bertz CT molecular complexity index is 1060. The average molecular weight is 402 g/mol. The SMILES string of the molecule is COc1ccc(CN2CC(C(=O)NC(C)c3cccc4ccccc34)CC2=O)cc1. The summed E-state index contributed by atoms with van der Waals surface area (Å²) in [5.41, 5.74) is 2.11. The molecule has 0 saturated carbocycles. The first-order valence-corrected chi connectivity index (χ1v) is 10.2. The third-order valence-corrected chi connectivity index (χ3v) is 5.77. The van der Waals surface area contributed by atoms with Crippen LogP contribution in [0.4, 0.5) is 0 Å². The molecule has 1 N–H and O–H groups in total. The molecule has 0 aliphatic carbocycles. The summed E-state index contributed by atoms with van der Waals surface area (Å²) >= 11 is 0. The van der Waals surface area contributed by atoms with Crippen LogP contribution < -0.4 is 10.1 Å². The zero-order valence-electron chi connectivity index (χ0n) is 17.3. The predicted octanol–water partition coefficient (Wildman–Crippen LogP) is 4.07. The Kier molecular flexibility index (Phi) is 5.70. The van der Waals surface area contributed by atoms with Crippen molar-refractivity contribution in [1.29, 1.82) is 0 Å². The number of carbonyl (C=O) groups is 2. The van der Waals surface area contributed by atoms with Crippen LogP contribution in [0.5, 0.6) is 5.75 Å². The van der Waals surface area contributed by atoms with E-state index in [4.69, 9.17) is 4.74 Å². The molecule has 1 aliphatic rings. The Hall–Kier alpha value is -3.34. The van der Waals surface area contributed by atoms with Gasteiger partial charge in [0, 0.05) is 19.5 Å². The predicted molar refractivity (Wildman–Crippen MR) is 117 cm³/mol. The van der Waals surface area contributed by atoms with Crippen molar-refractivity contribution < 1.29 is 14.3 Å². The quantitative estimate of drug-likeness (QED) is 0.676. The van der Waals surface area contributed by atoms with Crippen LogP contribution in [0.25, 0.3) is 10.8 Å². The molecule has 5 heteroatoms. The fraction of sp³-hybridized carbons (Fsp3) is 0.280. The van der Waals surface area contributed by atoms with Crippen LogP contribution in [-0.2, 0) is 16.1 Å². The molecule has 1 fully saturated rings. The van der Waals surface area contributed by atoms with Crippen LogP contribution >= 0.6 is 0 Å². The summed E-state index contributed by atoms with van der Waals surface area (Å²) in [6, 6.07) is 21.8. The molecular formula is C25H26N2O3. The third-order valence-electron chi connectivity index (χ3n) is 5.77. The maximum absolute atomic E-state index is 12.9. The van der Waals surface area contributed by atoms with Gasteiger partial charge in [0.15, 0.2) is 0 Å². The van der Waals surface area contributed by atoms with Crippen LogP contribution in [0, 0.1) is 5.92 Å². The lowest BCUT2D eigenvalue weighted by Crippen LogP contribution is -2.34. The highest BCUT2D eigenvalue weighted by Crippen LogP contribution is 2.26. The van der Waals surface area contributed by atoms with E-state index >= 15 is 0 Å². The molecule has 1 aliphatic heterocycles. The van der Waals surface area contributed by atoms with Gasteiger partial charge in [-0.2, -0.15) is 0 Å². The number of benzene rings is 3. The molecule has 3 aromatic carbocycles. The first kappa shape index (κ1) is 20.0. The van der Waals surface area contributed by atoms with Gasteiger partial charge in [0.2, 0.25) is 11.8 Å². The van der Waals surface area contributed by atoms with Crippen molar-refractivity contribution in [3.8, 4) is 5.75 Å². The van der Waals surface area contributed by atoms with Crippen molar-refractivity contribution in [2.45, 2.75) is 25.9 Å². The molecule has 0 bridgehead atoms. The molecule has 2 unspecified atom stereocenters. The van der Waals surface area contributed by atoms with Crippen LogP contribution in [0.3, 0.4) is 0 Å². The Balaban J connectivity index is 1.40.